The van der Waals surface area contributed by atoms with Crippen molar-refractivity contribution >= 4 is 6.08 Å². The van der Waals surface area contributed by atoms with Gasteiger partial charge in [-0.15, -0.1) is 0 Å². The third-order valence-corrected chi connectivity index (χ3v) is 2.07. The molecule has 1 aromatic carbocycles. The molecule has 0 fully saturated rings. The van der Waals surface area contributed by atoms with Crippen molar-refractivity contribution in [1.29, 1.82) is 0 Å². The Morgan fingerprint density at radius 2 is 2.20 bits per heavy atom. The lowest BCUT2D eigenvalue weighted by Crippen LogP contribution is -2.12. The Morgan fingerprint density at radius 1 is 1.40 bits per heavy atom. The van der Waals surface area contributed by atoms with Gasteiger partial charge in [-0.25, -0.2) is 0 Å². The van der Waals surface area contributed by atoms with Crippen molar-refractivity contribution in [2.75, 3.05) is 6.61 Å². The number of benzene rings is 1. The van der Waals surface area contributed by atoms with Crippen LogP contribution in [0.15, 0.2) is 30.8 Å². The van der Waals surface area contributed by atoms with Crippen molar-refractivity contribution in [1.82, 2.24) is 0 Å². The molecule has 0 radical (unpaired) electrons. The highest BCUT2D eigenvalue weighted by Crippen LogP contribution is 2.09. The first-order valence-corrected chi connectivity index (χ1v) is 5.21. The van der Waals surface area contributed by atoms with E-state index in [0.29, 0.717) is 13.2 Å². The SMILES string of the molecule is C=Cc1cccc(COC(C)OCC)c1. The van der Waals surface area contributed by atoms with Crippen LogP contribution in [0.4, 0.5) is 0 Å². The summed E-state index contributed by atoms with van der Waals surface area (Å²) in [7, 11) is 0. The second-order valence-electron chi connectivity index (χ2n) is 3.28. The van der Waals surface area contributed by atoms with Gasteiger partial charge in [0.15, 0.2) is 6.29 Å². The fourth-order valence-electron chi connectivity index (χ4n) is 1.31. The van der Waals surface area contributed by atoms with Crippen LogP contribution < -0.4 is 0 Å². The van der Waals surface area contributed by atoms with Crippen molar-refractivity contribution in [2.45, 2.75) is 26.7 Å². The van der Waals surface area contributed by atoms with Crippen LogP contribution in [0.5, 0.6) is 0 Å². The first-order chi connectivity index (χ1) is 7.26. The van der Waals surface area contributed by atoms with Gasteiger partial charge in [0, 0.05) is 6.61 Å². The molecule has 0 aromatic heterocycles. The molecule has 82 valence electrons. The van der Waals surface area contributed by atoms with Gasteiger partial charge in [-0.3, -0.25) is 0 Å². The molecule has 2 nitrogen and oxygen atoms in total. The normalized spacial score (nSPS) is 12.4. The standard InChI is InChI=1S/C13H18O2/c1-4-12-7-6-8-13(9-12)10-15-11(3)14-5-2/h4,6-9,11H,1,5,10H2,2-3H3. The maximum Gasteiger partial charge on any atom is 0.155 e. The van der Waals surface area contributed by atoms with Gasteiger partial charge < -0.3 is 9.47 Å². The second-order valence-corrected chi connectivity index (χ2v) is 3.28. The average Bonchev–Trinajstić information content (AvgIpc) is 2.27. The zero-order valence-corrected chi connectivity index (χ0v) is 9.40. The van der Waals surface area contributed by atoms with Crippen LogP contribution in [0.25, 0.3) is 6.08 Å². The fourth-order valence-corrected chi connectivity index (χ4v) is 1.31. The summed E-state index contributed by atoms with van der Waals surface area (Å²) in [6.45, 7) is 8.84. The highest BCUT2D eigenvalue weighted by molar-refractivity contribution is 5.47. The molecule has 15 heavy (non-hydrogen) atoms. The van der Waals surface area contributed by atoms with Crippen LogP contribution in [0.2, 0.25) is 0 Å². The van der Waals surface area contributed by atoms with Gasteiger partial charge in [0.1, 0.15) is 0 Å². The molecule has 0 amide bonds. The third kappa shape index (κ3) is 4.28. The molecule has 1 atom stereocenters. The Balaban J connectivity index is 2.46. The molecule has 0 heterocycles. The molecule has 0 aliphatic heterocycles. The van der Waals surface area contributed by atoms with Crippen LogP contribution >= 0.6 is 0 Å². The summed E-state index contributed by atoms with van der Waals surface area (Å²) in [5, 5.41) is 0. The smallest absolute Gasteiger partial charge is 0.155 e. The molecule has 0 N–H and O–H groups in total. The summed E-state index contributed by atoms with van der Waals surface area (Å²) < 4.78 is 10.8. The Labute approximate surface area is 91.5 Å². The summed E-state index contributed by atoms with van der Waals surface area (Å²) in [5.74, 6) is 0. The predicted octanol–water partition coefficient (Wildman–Crippen LogP) is 3.23. The Morgan fingerprint density at radius 3 is 2.87 bits per heavy atom. The van der Waals surface area contributed by atoms with E-state index in [9.17, 15) is 0 Å². The molecule has 0 spiro atoms. The summed E-state index contributed by atoms with van der Waals surface area (Å²) in [6.07, 6.45) is 1.68. The van der Waals surface area contributed by atoms with E-state index in [0.717, 1.165) is 11.1 Å². The Kier molecular flexibility index (Phi) is 5.08. The van der Waals surface area contributed by atoms with E-state index in [4.69, 9.17) is 9.47 Å². The van der Waals surface area contributed by atoms with Crippen molar-refractivity contribution < 1.29 is 9.47 Å². The summed E-state index contributed by atoms with van der Waals surface area (Å²) in [5.41, 5.74) is 2.25. The molecule has 2 heteroatoms. The van der Waals surface area contributed by atoms with Gasteiger partial charge in [0.05, 0.1) is 6.61 Å². The molecule has 0 bridgehead atoms. The molecule has 0 aliphatic rings. The number of hydrogen-bond acceptors (Lipinski definition) is 2. The Bertz CT molecular complexity index is 307. The lowest BCUT2D eigenvalue weighted by Gasteiger charge is -2.12. The minimum atomic E-state index is -0.151. The Hall–Kier alpha value is -1.12. The summed E-state index contributed by atoms with van der Waals surface area (Å²) in [4.78, 5) is 0. The lowest BCUT2D eigenvalue weighted by molar-refractivity contribution is -0.134. The van der Waals surface area contributed by atoms with E-state index in [1.165, 1.54) is 0 Å². The van der Waals surface area contributed by atoms with Gasteiger partial charge in [0.25, 0.3) is 0 Å². The molecule has 0 aliphatic carbocycles. The minimum Gasteiger partial charge on any atom is -0.353 e. The van der Waals surface area contributed by atoms with Crippen molar-refractivity contribution in [3.8, 4) is 0 Å². The van der Waals surface area contributed by atoms with Crippen LogP contribution in [-0.4, -0.2) is 12.9 Å². The zero-order valence-electron chi connectivity index (χ0n) is 9.40. The second kappa shape index (κ2) is 6.38. The minimum absolute atomic E-state index is 0.151. The van der Waals surface area contributed by atoms with Crippen LogP contribution in [0.3, 0.4) is 0 Å². The van der Waals surface area contributed by atoms with Crippen molar-refractivity contribution in [3.05, 3.63) is 42.0 Å². The van der Waals surface area contributed by atoms with E-state index < -0.39 is 0 Å². The van der Waals surface area contributed by atoms with Crippen LogP contribution in [0, 0.1) is 0 Å². The number of ether oxygens (including phenoxy) is 2. The van der Waals surface area contributed by atoms with Gasteiger partial charge in [-0.05, 0) is 31.0 Å². The monoisotopic (exact) mass is 206 g/mol. The average molecular weight is 206 g/mol. The topological polar surface area (TPSA) is 18.5 Å². The molecule has 1 unspecified atom stereocenters. The lowest BCUT2D eigenvalue weighted by atomic mass is 10.1. The van der Waals surface area contributed by atoms with E-state index >= 15 is 0 Å². The molecule has 1 rings (SSSR count). The molecule has 1 aromatic rings. The number of hydrogen-bond donors (Lipinski definition) is 0. The van der Waals surface area contributed by atoms with E-state index in [2.05, 4.69) is 12.6 Å². The van der Waals surface area contributed by atoms with Crippen LogP contribution in [-0.2, 0) is 16.1 Å². The third-order valence-electron chi connectivity index (χ3n) is 2.07. The van der Waals surface area contributed by atoms with E-state index in [1.54, 1.807) is 0 Å². The largest absolute Gasteiger partial charge is 0.353 e. The van der Waals surface area contributed by atoms with Crippen molar-refractivity contribution in [3.63, 3.8) is 0 Å². The van der Waals surface area contributed by atoms with E-state index in [1.807, 2.05) is 38.1 Å². The molecular weight excluding hydrogens is 188 g/mol. The highest BCUT2D eigenvalue weighted by Gasteiger charge is 2.01. The van der Waals surface area contributed by atoms with Gasteiger partial charge >= 0.3 is 0 Å². The molecular formula is C13H18O2. The predicted molar refractivity (Wildman–Crippen MR) is 62.4 cm³/mol. The summed E-state index contributed by atoms with van der Waals surface area (Å²) in [6, 6.07) is 8.11. The van der Waals surface area contributed by atoms with Crippen LogP contribution in [0.1, 0.15) is 25.0 Å². The highest BCUT2D eigenvalue weighted by atomic mass is 16.7. The van der Waals surface area contributed by atoms with Gasteiger partial charge in [0.2, 0.25) is 0 Å². The first kappa shape index (κ1) is 12.0. The maximum absolute atomic E-state index is 5.51. The molecule has 0 saturated carbocycles. The number of rotatable bonds is 6. The van der Waals surface area contributed by atoms with Gasteiger partial charge in [-0.1, -0.05) is 30.9 Å². The molecule has 0 saturated heterocycles. The first-order valence-electron chi connectivity index (χ1n) is 5.21. The maximum atomic E-state index is 5.51. The fraction of sp³-hybridized carbons (Fsp3) is 0.385. The summed E-state index contributed by atoms with van der Waals surface area (Å²) >= 11 is 0. The zero-order chi connectivity index (χ0) is 11.1. The van der Waals surface area contributed by atoms with E-state index in [-0.39, 0.29) is 6.29 Å². The van der Waals surface area contributed by atoms with Gasteiger partial charge in [-0.2, -0.15) is 0 Å². The van der Waals surface area contributed by atoms with Crippen molar-refractivity contribution in [2.24, 2.45) is 0 Å². The quantitative estimate of drug-likeness (QED) is 0.665.